The second-order valence-electron chi connectivity index (χ2n) is 11.4. The van der Waals surface area contributed by atoms with Crippen molar-refractivity contribution in [3.05, 3.63) is 24.3 Å². The largest absolute Gasteiger partial charge is 0.491 e. The molecule has 0 aliphatic rings. The van der Waals surface area contributed by atoms with Crippen LogP contribution in [0.25, 0.3) is 0 Å². The number of carbonyl (C=O) groups excluding carboxylic acids is 1. The topological polar surface area (TPSA) is 157 Å². The number of hydrogen-bond acceptors (Lipinski definition) is 14. The molecule has 0 aliphatic heterocycles. The number of hydrogen-bond donors (Lipinski definition) is 1. The van der Waals surface area contributed by atoms with Crippen molar-refractivity contribution in [1.82, 2.24) is 4.90 Å². The zero-order chi connectivity index (χ0) is 35.7. The Morgan fingerprint density at radius 3 is 1.10 bits per heavy atom. The Balaban J connectivity index is 1.66. The Bertz CT molecular complexity index is 875. The van der Waals surface area contributed by atoms with Crippen molar-refractivity contribution >= 4 is 11.8 Å². The molecule has 49 heavy (non-hydrogen) atoms. The van der Waals surface area contributed by atoms with Crippen LogP contribution in [0.15, 0.2) is 24.3 Å². The third kappa shape index (κ3) is 31.4. The molecular weight excluding hydrogens is 644 g/mol. The summed E-state index contributed by atoms with van der Waals surface area (Å²) in [5.41, 5.74) is 5.84. The molecule has 1 amide bonds. The molecule has 1 aromatic carbocycles. The monoisotopic (exact) mass is 706 g/mol. The first kappa shape index (κ1) is 44.7. The molecule has 0 spiro atoms. The number of nitrogens with two attached hydrogens (primary N) is 1. The number of amides is 1. The molecule has 0 saturated carbocycles. The third-order valence-electron chi connectivity index (χ3n) is 6.00. The SMILES string of the molecule is CN(CCOCCOCCOCCOCCOCCOCCOCCOCCOCCOCCOc1ccc(N)cc1)C(=O)OC(C)(C)C. The lowest BCUT2D eigenvalue weighted by molar-refractivity contribution is -0.0269. The van der Waals surface area contributed by atoms with Crippen LogP contribution in [0, 0.1) is 0 Å². The molecule has 0 heterocycles. The van der Waals surface area contributed by atoms with E-state index in [2.05, 4.69) is 0 Å². The molecule has 286 valence electrons. The molecule has 0 atom stereocenters. The standard InChI is InChI=1S/C34H62N2O13/c1-34(2,3)49-33(37)36(4)9-10-38-11-12-39-13-14-40-15-16-41-17-18-42-19-20-43-21-22-44-23-24-45-25-26-46-27-28-47-29-30-48-32-7-5-31(35)6-8-32/h5-8H,9-30,35H2,1-4H3. The minimum atomic E-state index is -0.511. The molecule has 2 N–H and O–H groups in total. The fourth-order valence-electron chi connectivity index (χ4n) is 3.50. The van der Waals surface area contributed by atoms with Crippen LogP contribution in [0.5, 0.6) is 5.75 Å². The number of likely N-dealkylation sites (N-methyl/N-ethyl adjacent to an activating group) is 1. The lowest BCUT2D eigenvalue weighted by atomic mass is 10.2. The summed E-state index contributed by atoms with van der Waals surface area (Å²) in [6, 6.07) is 7.25. The molecule has 0 fully saturated rings. The van der Waals surface area contributed by atoms with Gasteiger partial charge < -0.3 is 67.5 Å². The van der Waals surface area contributed by atoms with E-state index >= 15 is 0 Å². The van der Waals surface area contributed by atoms with E-state index in [-0.39, 0.29) is 6.09 Å². The minimum Gasteiger partial charge on any atom is -0.491 e. The molecule has 0 unspecified atom stereocenters. The summed E-state index contributed by atoms with van der Waals surface area (Å²) in [6.07, 6.45) is -0.365. The van der Waals surface area contributed by atoms with Crippen LogP contribution in [0.2, 0.25) is 0 Å². The second-order valence-corrected chi connectivity index (χ2v) is 11.4. The lowest BCUT2D eigenvalue weighted by Crippen LogP contribution is -2.36. The quantitative estimate of drug-likeness (QED) is 0.0824. The molecule has 1 aromatic rings. The van der Waals surface area contributed by atoms with Crippen LogP contribution in [-0.4, -0.2) is 169 Å². The summed E-state index contributed by atoms with van der Waals surface area (Å²) >= 11 is 0. The molecule has 0 bridgehead atoms. The molecular formula is C34H62N2O13. The van der Waals surface area contributed by atoms with Crippen LogP contribution in [0.3, 0.4) is 0 Å². The molecule has 1 rings (SSSR count). The maximum absolute atomic E-state index is 11.9. The van der Waals surface area contributed by atoms with Crippen LogP contribution >= 0.6 is 0 Å². The predicted octanol–water partition coefficient (Wildman–Crippen LogP) is 2.68. The number of anilines is 1. The number of nitrogens with zero attached hydrogens (tertiary/aromatic N) is 1. The smallest absolute Gasteiger partial charge is 0.410 e. The highest BCUT2D eigenvalue weighted by Crippen LogP contribution is 2.12. The fraction of sp³-hybridized carbons (Fsp3) is 0.794. The van der Waals surface area contributed by atoms with E-state index in [0.717, 1.165) is 5.75 Å². The van der Waals surface area contributed by atoms with Gasteiger partial charge >= 0.3 is 6.09 Å². The average molecular weight is 707 g/mol. The highest BCUT2D eigenvalue weighted by atomic mass is 16.6. The van der Waals surface area contributed by atoms with E-state index in [4.69, 9.17) is 62.6 Å². The normalized spacial score (nSPS) is 11.6. The first-order valence-corrected chi connectivity index (χ1v) is 17.0. The summed E-state index contributed by atoms with van der Waals surface area (Å²) in [5.74, 6) is 0.768. The van der Waals surface area contributed by atoms with Crippen molar-refractivity contribution < 1.29 is 61.6 Å². The zero-order valence-corrected chi connectivity index (χ0v) is 30.2. The van der Waals surface area contributed by atoms with Gasteiger partial charge in [-0.25, -0.2) is 4.79 Å². The van der Waals surface area contributed by atoms with Gasteiger partial charge in [0.15, 0.2) is 0 Å². The number of ether oxygens (including phenoxy) is 12. The van der Waals surface area contributed by atoms with Gasteiger partial charge in [0.05, 0.1) is 132 Å². The van der Waals surface area contributed by atoms with E-state index in [9.17, 15) is 4.79 Å². The zero-order valence-electron chi connectivity index (χ0n) is 30.2. The van der Waals surface area contributed by atoms with E-state index < -0.39 is 5.60 Å². The highest BCUT2D eigenvalue weighted by Gasteiger charge is 2.19. The molecule has 0 radical (unpaired) electrons. The van der Waals surface area contributed by atoms with Gasteiger partial charge in [-0.15, -0.1) is 0 Å². The summed E-state index contributed by atoms with van der Waals surface area (Å²) < 4.78 is 65.6. The van der Waals surface area contributed by atoms with Crippen molar-refractivity contribution in [2.75, 3.05) is 158 Å². The Morgan fingerprint density at radius 1 is 0.510 bits per heavy atom. The summed E-state index contributed by atoms with van der Waals surface area (Å²) in [4.78, 5) is 13.3. The van der Waals surface area contributed by atoms with Gasteiger partial charge in [0, 0.05) is 19.3 Å². The number of benzene rings is 1. The predicted molar refractivity (Wildman–Crippen MR) is 183 cm³/mol. The van der Waals surface area contributed by atoms with Crippen molar-refractivity contribution in [2.45, 2.75) is 26.4 Å². The van der Waals surface area contributed by atoms with Crippen molar-refractivity contribution in [2.24, 2.45) is 0 Å². The average Bonchev–Trinajstić information content (AvgIpc) is 3.06. The van der Waals surface area contributed by atoms with Crippen LogP contribution < -0.4 is 10.5 Å². The Kier molecular flexibility index (Phi) is 28.9. The van der Waals surface area contributed by atoms with Gasteiger partial charge in [-0.2, -0.15) is 0 Å². The van der Waals surface area contributed by atoms with E-state index in [0.29, 0.717) is 151 Å². The Hall–Kier alpha value is -2.31. The second kappa shape index (κ2) is 31.7. The number of rotatable bonds is 34. The maximum Gasteiger partial charge on any atom is 0.410 e. The molecule has 15 nitrogen and oxygen atoms in total. The van der Waals surface area contributed by atoms with Gasteiger partial charge in [0.2, 0.25) is 0 Å². The van der Waals surface area contributed by atoms with E-state index in [1.165, 1.54) is 4.90 Å². The van der Waals surface area contributed by atoms with Crippen molar-refractivity contribution in [3.8, 4) is 5.75 Å². The maximum atomic E-state index is 11.9. The van der Waals surface area contributed by atoms with Gasteiger partial charge in [-0.05, 0) is 45.0 Å². The van der Waals surface area contributed by atoms with Crippen molar-refractivity contribution in [1.29, 1.82) is 0 Å². The summed E-state index contributed by atoms with van der Waals surface area (Å²) in [7, 11) is 1.68. The Labute approximate surface area is 292 Å². The fourth-order valence-corrected chi connectivity index (χ4v) is 3.50. The van der Waals surface area contributed by atoms with E-state index in [1.54, 1.807) is 19.2 Å². The van der Waals surface area contributed by atoms with Crippen molar-refractivity contribution in [3.63, 3.8) is 0 Å². The van der Waals surface area contributed by atoms with Gasteiger partial charge in [-0.1, -0.05) is 0 Å². The first-order chi connectivity index (χ1) is 23.8. The number of nitrogen functional groups attached to an aromatic ring is 1. The van der Waals surface area contributed by atoms with Gasteiger partial charge in [0.1, 0.15) is 18.0 Å². The lowest BCUT2D eigenvalue weighted by Gasteiger charge is -2.24. The summed E-state index contributed by atoms with van der Waals surface area (Å²) in [6.45, 7) is 16.1. The summed E-state index contributed by atoms with van der Waals surface area (Å²) in [5, 5.41) is 0. The highest BCUT2D eigenvalue weighted by molar-refractivity contribution is 5.67. The van der Waals surface area contributed by atoms with Crippen LogP contribution in [0.1, 0.15) is 20.8 Å². The molecule has 15 heteroatoms. The first-order valence-electron chi connectivity index (χ1n) is 17.0. The Morgan fingerprint density at radius 2 is 0.796 bits per heavy atom. The van der Waals surface area contributed by atoms with E-state index in [1.807, 2.05) is 32.9 Å². The van der Waals surface area contributed by atoms with Gasteiger partial charge in [-0.3, -0.25) is 0 Å². The molecule has 0 saturated heterocycles. The van der Waals surface area contributed by atoms with Gasteiger partial charge in [0.25, 0.3) is 0 Å². The van der Waals surface area contributed by atoms with Crippen LogP contribution in [-0.2, 0) is 52.1 Å². The molecule has 0 aromatic heterocycles. The van der Waals surface area contributed by atoms with Crippen LogP contribution in [0.4, 0.5) is 10.5 Å². The third-order valence-corrected chi connectivity index (χ3v) is 6.00. The number of carbonyl (C=O) groups is 1. The minimum absolute atomic E-state index is 0.365. The molecule has 0 aliphatic carbocycles.